The zero-order valence-corrected chi connectivity index (χ0v) is 20.6. The molecule has 0 saturated carbocycles. The quantitative estimate of drug-likeness (QED) is 0.385. The van der Waals surface area contributed by atoms with Crippen molar-refractivity contribution in [3.05, 3.63) is 46.9 Å². The van der Waals surface area contributed by atoms with Crippen molar-refractivity contribution in [2.75, 3.05) is 53.1 Å². The summed E-state index contributed by atoms with van der Waals surface area (Å²) in [5, 5.41) is 0. The molecule has 1 fully saturated rings. The highest BCUT2D eigenvalue weighted by Crippen LogP contribution is 2.31. The Hall–Kier alpha value is -2.89. The van der Waals surface area contributed by atoms with Gasteiger partial charge in [0.25, 0.3) is 5.91 Å². The Morgan fingerprint density at radius 1 is 1.03 bits per heavy atom. The predicted octanol–water partition coefficient (Wildman–Crippen LogP) is 2.25. The van der Waals surface area contributed by atoms with Gasteiger partial charge in [-0.2, -0.15) is 4.31 Å². The maximum Gasteiger partial charge on any atom is 0.342 e. The minimum atomic E-state index is -4.03. The molecule has 34 heavy (non-hydrogen) atoms. The van der Waals surface area contributed by atoms with Crippen LogP contribution < -0.4 is 4.74 Å². The van der Waals surface area contributed by atoms with Crippen LogP contribution in [0.15, 0.2) is 33.6 Å². The van der Waals surface area contributed by atoms with Crippen LogP contribution in [0.1, 0.15) is 39.2 Å². The molecule has 0 radical (unpaired) electrons. The summed E-state index contributed by atoms with van der Waals surface area (Å²) < 4.78 is 49.1. The lowest BCUT2D eigenvalue weighted by molar-refractivity contribution is 0.0594. The molecule has 1 amide bonds. The van der Waals surface area contributed by atoms with Crippen LogP contribution in [-0.4, -0.2) is 82.6 Å². The Morgan fingerprint density at radius 3 is 2.35 bits per heavy atom. The van der Waals surface area contributed by atoms with Crippen LogP contribution in [0.25, 0.3) is 0 Å². The van der Waals surface area contributed by atoms with Crippen LogP contribution in [0.4, 0.5) is 0 Å². The van der Waals surface area contributed by atoms with Crippen molar-refractivity contribution in [1.29, 1.82) is 0 Å². The van der Waals surface area contributed by atoms with Gasteiger partial charge in [-0.3, -0.25) is 4.79 Å². The fraction of sp³-hybridized carbons (Fsp3) is 0.478. The Morgan fingerprint density at radius 2 is 1.71 bits per heavy atom. The number of piperazine rings is 1. The second-order valence-electron chi connectivity index (χ2n) is 7.65. The molecule has 1 aliphatic rings. The summed E-state index contributed by atoms with van der Waals surface area (Å²) in [6.07, 6.45) is 0. The highest BCUT2D eigenvalue weighted by molar-refractivity contribution is 7.89. The van der Waals surface area contributed by atoms with Crippen molar-refractivity contribution in [1.82, 2.24) is 9.21 Å². The Kier molecular flexibility index (Phi) is 8.34. The molecule has 2 aromatic rings. The van der Waals surface area contributed by atoms with Crippen LogP contribution >= 0.6 is 0 Å². The Labute approximate surface area is 199 Å². The van der Waals surface area contributed by atoms with E-state index >= 15 is 0 Å². The summed E-state index contributed by atoms with van der Waals surface area (Å²) in [7, 11) is -2.85. The van der Waals surface area contributed by atoms with Gasteiger partial charge < -0.3 is 23.5 Å². The molecule has 1 aromatic heterocycles. The third-order valence-electron chi connectivity index (χ3n) is 5.53. The first kappa shape index (κ1) is 25.7. The number of ether oxygens (including phenoxy) is 3. The van der Waals surface area contributed by atoms with E-state index in [0.717, 1.165) is 0 Å². The Balaban J connectivity index is 1.73. The van der Waals surface area contributed by atoms with E-state index in [1.807, 2.05) is 6.92 Å². The number of methoxy groups -OCH3 is 1. The van der Waals surface area contributed by atoms with Crippen molar-refractivity contribution in [3.63, 3.8) is 0 Å². The third-order valence-corrected chi connectivity index (χ3v) is 7.58. The largest absolute Gasteiger partial charge is 0.490 e. The molecule has 1 saturated heterocycles. The maximum atomic E-state index is 13.4. The minimum Gasteiger partial charge on any atom is -0.490 e. The number of aryl methyl sites for hydroxylation is 2. The smallest absolute Gasteiger partial charge is 0.342 e. The van der Waals surface area contributed by atoms with E-state index in [1.165, 1.54) is 25.3 Å². The van der Waals surface area contributed by atoms with E-state index < -0.39 is 16.0 Å². The van der Waals surface area contributed by atoms with Crippen LogP contribution in [0.5, 0.6) is 5.75 Å². The van der Waals surface area contributed by atoms with Crippen LogP contribution in [0, 0.1) is 13.8 Å². The van der Waals surface area contributed by atoms with Crippen molar-refractivity contribution < 1.29 is 36.6 Å². The number of hydrogen-bond acceptors (Lipinski definition) is 8. The van der Waals surface area contributed by atoms with Gasteiger partial charge in [0, 0.05) is 32.8 Å². The number of benzene rings is 1. The van der Waals surface area contributed by atoms with E-state index in [4.69, 9.17) is 18.6 Å². The van der Waals surface area contributed by atoms with E-state index in [-0.39, 0.29) is 54.1 Å². The van der Waals surface area contributed by atoms with Gasteiger partial charge in [0.05, 0.1) is 19.3 Å². The van der Waals surface area contributed by atoms with Crippen molar-refractivity contribution in [2.45, 2.75) is 25.7 Å². The van der Waals surface area contributed by atoms with Gasteiger partial charge in [0.2, 0.25) is 10.0 Å². The van der Waals surface area contributed by atoms with E-state index in [0.29, 0.717) is 31.1 Å². The summed E-state index contributed by atoms with van der Waals surface area (Å²) in [5.41, 5.74) is 0.307. The summed E-state index contributed by atoms with van der Waals surface area (Å²) in [6, 6.07) is 6.94. The molecule has 3 rings (SSSR count). The average Bonchev–Trinajstić information content (AvgIpc) is 3.15. The third kappa shape index (κ3) is 5.26. The molecule has 0 N–H and O–H groups in total. The van der Waals surface area contributed by atoms with Gasteiger partial charge >= 0.3 is 5.97 Å². The molecule has 1 aromatic carbocycles. The zero-order chi connectivity index (χ0) is 24.9. The molecular weight excluding hydrogens is 464 g/mol. The van der Waals surface area contributed by atoms with Gasteiger partial charge in [-0.15, -0.1) is 0 Å². The first-order valence-electron chi connectivity index (χ1n) is 11.0. The van der Waals surface area contributed by atoms with Crippen LogP contribution in [0.3, 0.4) is 0 Å². The highest BCUT2D eigenvalue weighted by atomic mass is 32.2. The highest BCUT2D eigenvalue weighted by Gasteiger charge is 2.38. The second-order valence-corrected chi connectivity index (χ2v) is 9.52. The first-order chi connectivity index (χ1) is 16.2. The fourth-order valence-corrected chi connectivity index (χ4v) is 5.66. The standard InChI is InChI=1S/C23H30N2O8S/c1-5-31-14-15-32-19-9-7-6-8-18(19)22(26)24-10-12-25(13-11-24)34(28,29)21-17(3)33-16(2)20(21)23(27)30-4/h6-9H,5,10-15H2,1-4H3. The lowest BCUT2D eigenvalue weighted by Gasteiger charge is -2.34. The van der Waals surface area contributed by atoms with Crippen LogP contribution in [0.2, 0.25) is 0 Å². The van der Waals surface area contributed by atoms with Crippen molar-refractivity contribution in [2.24, 2.45) is 0 Å². The van der Waals surface area contributed by atoms with Gasteiger partial charge in [-0.1, -0.05) is 12.1 Å². The van der Waals surface area contributed by atoms with Gasteiger partial charge in [-0.05, 0) is 32.9 Å². The Bertz CT molecular complexity index is 1130. The average molecular weight is 495 g/mol. The molecule has 0 bridgehead atoms. The molecule has 10 nitrogen and oxygen atoms in total. The number of para-hydroxylation sites is 1. The maximum absolute atomic E-state index is 13.4. The van der Waals surface area contributed by atoms with Crippen molar-refractivity contribution >= 4 is 21.9 Å². The number of nitrogens with zero attached hydrogens (tertiary/aromatic N) is 2. The van der Waals surface area contributed by atoms with Gasteiger partial charge in [0.15, 0.2) is 0 Å². The number of sulfonamides is 1. The number of esters is 1. The number of hydrogen-bond donors (Lipinski definition) is 0. The minimum absolute atomic E-state index is 0.0751. The summed E-state index contributed by atoms with van der Waals surface area (Å²) in [6.45, 7) is 6.74. The molecule has 11 heteroatoms. The number of carbonyl (C=O) groups is 2. The topological polar surface area (TPSA) is 116 Å². The van der Waals surface area contributed by atoms with E-state index in [1.54, 1.807) is 29.2 Å². The van der Waals surface area contributed by atoms with Gasteiger partial charge in [0.1, 0.15) is 34.3 Å². The molecular formula is C23H30N2O8S. The molecule has 0 atom stereocenters. The monoisotopic (exact) mass is 494 g/mol. The zero-order valence-electron chi connectivity index (χ0n) is 19.8. The number of furan rings is 1. The van der Waals surface area contributed by atoms with E-state index in [2.05, 4.69) is 0 Å². The lowest BCUT2D eigenvalue weighted by atomic mass is 10.1. The number of rotatable bonds is 9. The summed E-state index contributed by atoms with van der Waals surface area (Å²) >= 11 is 0. The lowest BCUT2D eigenvalue weighted by Crippen LogP contribution is -2.50. The molecule has 0 spiro atoms. The number of carbonyl (C=O) groups excluding carboxylic acids is 2. The first-order valence-corrected chi connectivity index (χ1v) is 12.4. The predicted molar refractivity (Wildman–Crippen MR) is 123 cm³/mol. The number of amides is 1. The normalized spacial score (nSPS) is 14.8. The summed E-state index contributed by atoms with van der Waals surface area (Å²) in [4.78, 5) is 26.7. The molecule has 186 valence electrons. The molecule has 2 heterocycles. The van der Waals surface area contributed by atoms with E-state index in [9.17, 15) is 18.0 Å². The van der Waals surface area contributed by atoms with Gasteiger partial charge in [-0.25, -0.2) is 13.2 Å². The van der Waals surface area contributed by atoms with Crippen molar-refractivity contribution in [3.8, 4) is 5.75 Å². The second kappa shape index (κ2) is 11.0. The molecule has 1 aliphatic heterocycles. The fourth-order valence-electron chi connectivity index (χ4n) is 3.87. The molecule has 0 unspecified atom stereocenters. The van der Waals surface area contributed by atoms with Crippen LogP contribution in [-0.2, 0) is 19.5 Å². The SMILES string of the molecule is CCOCCOc1ccccc1C(=O)N1CCN(S(=O)(=O)c2c(C)oc(C)c2C(=O)OC)CC1. The summed E-state index contributed by atoms with van der Waals surface area (Å²) in [5.74, 6) is -0.265. The molecule has 0 aliphatic carbocycles.